The quantitative estimate of drug-likeness (QED) is 0.155. The van der Waals surface area contributed by atoms with E-state index in [1.54, 1.807) is 0 Å². The lowest BCUT2D eigenvalue weighted by Crippen LogP contribution is -1.91. The molecule has 13 aromatic carbocycles. The van der Waals surface area contributed by atoms with Gasteiger partial charge in [0.25, 0.3) is 0 Å². The first-order valence-electron chi connectivity index (χ1n) is 24.7. The highest BCUT2D eigenvalue weighted by molar-refractivity contribution is 6.25. The molecule has 0 aliphatic carbocycles. The maximum atomic E-state index is 6.80. The molecule has 0 amide bonds. The lowest BCUT2D eigenvalue weighted by molar-refractivity contribution is 0.669. The SMILES string of the molecule is c1ccc(-c2ccc3oc4c(-c5c6ccccc6c(-c6ccc(-c7ccc8c(c7)oc7cc(-c9c%10ccccc%10c(-c%10ccccc%10)c%10ccccc9%10)ccc78)cc6)c6ccccc56)cccc4c3c2)cc1. The summed E-state index contributed by atoms with van der Waals surface area (Å²) in [7, 11) is 0. The molecule has 2 aromatic heterocycles. The zero-order valence-electron chi connectivity index (χ0n) is 39.1. The van der Waals surface area contributed by atoms with E-state index in [-0.39, 0.29) is 0 Å². The van der Waals surface area contributed by atoms with E-state index < -0.39 is 0 Å². The number of rotatable bonds is 6. The molecule has 0 saturated carbocycles. The normalized spacial score (nSPS) is 11.9. The average Bonchev–Trinajstić information content (AvgIpc) is 4.02. The molecule has 0 radical (unpaired) electrons. The van der Waals surface area contributed by atoms with Crippen LogP contribution in [0.4, 0.5) is 0 Å². The van der Waals surface area contributed by atoms with Crippen LogP contribution in [0.25, 0.3) is 154 Å². The molecule has 15 rings (SSSR count). The predicted molar refractivity (Wildman–Crippen MR) is 304 cm³/mol. The van der Waals surface area contributed by atoms with Gasteiger partial charge < -0.3 is 8.83 Å². The minimum atomic E-state index is 0.876. The molecule has 0 saturated heterocycles. The summed E-state index contributed by atoms with van der Waals surface area (Å²) in [6.45, 7) is 0. The van der Waals surface area contributed by atoms with E-state index in [0.29, 0.717) is 0 Å². The van der Waals surface area contributed by atoms with E-state index in [0.717, 1.165) is 66.1 Å². The zero-order chi connectivity index (χ0) is 47.3. The van der Waals surface area contributed by atoms with E-state index in [2.05, 4.69) is 255 Å². The van der Waals surface area contributed by atoms with Crippen molar-refractivity contribution in [2.24, 2.45) is 0 Å². The van der Waals surface area contributed by atoms with Crippen LogP contribution in [-0.2, 0) is 0 Å². The standard InChI is InChI=1S/C70H42O2/c1-3-16-43(17-4-1)47-36-39-63-62(40-47)60-28-15-29-61(70(60)72-63)69-58-26-13-11-24-56(58)67(57-25-12-14-27-59(57)69)46-32-30-44(31-33-46)48-34-37-50-51-38-35-49(42-65(51)71-64(50)41-48)68-54-22-9-7-20-52(54)66(45-18-5-2-6-19-45)53-21-8-10-23-55(53)68/h1-42H. The third kappa shape index (κ3) is 6.22. The Hall–Kier alpha value is -9.50. The van der Waals surface area contributed by atoms with E-state index in [9.17, 15) is 0 Å². The van der Waals surface area contributed by atoms with Crippen molar-refractivity contribution in [1.82, 2.24) is 0 Å². The summed E-state index contributed by atoms with van der Waals surface area (Å²) in [5.74, 6) is 0. The van der Waals surface area contributed by atoms with Gasteiger partial charge in [-0.15, -0.1) is 0 Å². The molecule has 72 heavy (non-hydrogen) atoms. The maximum Gasteiger partial charge on any atom is 0.143 e. The molecule has 0 aliphatic heterocycles. The van der Waals surface area contributed by atoms with Crippen LogP contribution in [0.5, 0.6) is 0 Å². The van der Waals surface area contributed by atoms with Crippen LogP contribution >= 0.6 is 0 Å². The Morgan fingerprint density at radius 3 is 1.11 bits per heavy atom. The van der Waals surface area contributed by atoms with Crippen molar-refractivity contribution in [3.05, 3.63) is 255 Å². The Balaban J connectivity index is 0.816. The van der Waals surface area contributed by atoms with Gasteiger partial charge in [0, 0.05) is 32.7 Å². The van der Waals surface area contributed by atoms with Crippen LogP contribution in [0, 0.1) is 0 Å². The Morgan fingerprint density at radius 2 is 0.556 bits per heavy atom. The fraction of sp³-hybridized carbons (Fsp3) is 0. The van der Waals surface area contributed by atoms with E-state index in [1.165, 1.54) is 87.6 Å². The molecule has 0 spiro atoms. The molecule has 334 valence electrons. The minimum absolute atomic E-state index is 0.876. The largest absolute Gasteiger partial charge is 0.456 e. The van der Waals surface area contributed by atoms with Gasteiger partial charge in [0.15, 0.2) is 0 Å². The van der Waals surface area contributed by atoms with Crippen LogP contribution < -0.4 is 0 Å². The molecule has 2 heteroatoms. The number of hydrogen-bond acceptors (Lipinski definition) is 2. The highest BCUT2D eigenvalue weighted by Crippen LogP contribution is 2.48. The molecular formula is C70H42O2. The van der Waals surface area contributed by atoms with Gasteiger partial charge in [-0.3, -0.25) is 0 Å². The van der Waals surface area contributed by atoms with Crippen LogP contribution in [-0.4, -0.2) is 0 Å². The first-order chi connectivity index (χ1) is 35.7. The van der Waals surface area contributed by atoms with Gasteiger partial charge in [0.2, 0.25) is 0 Å². The first-order valence-corrected chi connectivity index (χ1v) is 24.7. The summed E-state index contributed by atoms with van der Waals surface area (Å²) < 4.78 is 13.6. The molecule has 0 aliphatic rings. The fourth-order valence-corrected chi connectivity index (χ4v) is 11.8. The smallest absolute Gasteiger partial charge is 0.143 e. The molecular weight excluding hydrogens is 873 g/mol. The average molecular weight is 915 g/mol. The highest BCUT2D eigenvalue weighted by atomic mass is 16.3. The van der Waals surface area contributed by atoms with Gasteiger partial charge in [-0.05, 0) is 135 Å². The van der Waals surface area contributed by atoms with Crippen LogP contribution in [0.3, 0.4) is 0 Å². The Labute approximate surface area is 415 Å². The maximum absolute atomic E-state index is 6.80. The van der Waals surface area contributed by atoms with Crippen molar-refractivity contribution in [2.45, 2.75) is 0 Å². The molecule has 15 aromatic rings. The second-order valence-corrected chi connectivity index (χ2v) is 19.0. The molecule has 0 fully saturated rings. The highest BCUT2D eigenvalue weighted by Gasteiger charge is 2.22. The second-order valence-electron chi connectivity index (χ2n) is 19.0. The topological polar surface area (TPSA) is 26.3 Å². The number of benzene rings is 13. The lowest BCUT2D eigenvalue weighted by Gasteiger charge is -2.18. The molecule has 2 nitrogen and oxygen atoms in total. The summed E-state index contributed by atoms with van der Waals surface area (Å²) in [5, 5.41) is 14.2. The van der Waals surface area contributed by atoms with Gasteiger partial charge >= 0.3 is 0 Å². The van der Waals surface area contributed by atoms with Crippen molar-refractivity contribution in [3.63, 3.8) is 0 Å². The van der Waals surface area contributed by atoms with E-state index >= 15 is 0 Å². The number of para-hydroxylation sites is 1. The summed E-state index contributed by atoms with van der Waals surface area (Å²) in [4.78, 5) is 0. The van der Waals surface area contributed by atoms with Crippen LogP contribution in [0.2, 0.25) is 0 Å². The third-order valence-electron chi connectivity index (χ3n) is 15.1. The van der Waals surface area contributed by atoms with Gasteiger partial charge in [-0.2, -0.15) is 0 Å². The molecule has 0 atom stereocenters. The van der Waals surface area contributed by atoms with Crippen molar-refractivity contribution in [2.75, 3.05) is 0 Å². The second kappa shape index (κ2) is 16.0. The van der Waals surface area contributed by atoms with Crippen molar-refractivity contribution >= 4 is 87.0 Å². The van der Waals surface area contributed by atoms with Gasteiger partial charge in [0.1, 0.15) is 22.3 Å². The molecule has 0 unspecified atom stereocenters. The van der Waals surface area contributed by atoms with E-state index in [1.807, 2.05) is 0 Å². The lowest BCUT2D eigenvalue weighted by atomic mass is 9.85. The van der Waals surface area contributed by atoms with Crippen LogP contribution in [0.15, 0.2) is 264 Å². The number of furan rings is 2. The first kappa shape index (κ1) is 40.4. The summed E-state index contributed by atoms with van der Waals surface area (Å²) in [6, 6.07) is 92.2. The zero-order valence-corrected chi connectivity index (χ0v) is 39.1. The number of fused-ring (bicyclic) bond motifs is 10. The van der Waals surface area contributed by atoms with Gasteiger partial charge in [-0.1, -0.05) is 218 Å². The summed E-state index contributed by atoms with van der Waals surface area (Å²) in [5.41, 5.74) is 17.7. The third-order valence-corrected chi connectivity index (χ3v) is 15.1. The molecule has 0 bridgehead atoms. The Morgan fingerprint density at radius 1 is 0.181 bits per heavy atom. The minimum Gasteiger partial charge on any atom is -0.456 e. The molecule has 0 N–H and O–H groups in total. The Bertz CT molecular complexity index is 4540. The van der Waals surface area contributed by atoms with E-state index in [4.69, 9.17) is 8.83 Å². The van der Waals surface area contributed by atoms with Gasteiger partial charge in [-0.25, -0.2) is 0 Å². The van der Waals surface area contributed by atoms with Crippen molar-refractivity contribution in [3.8, 4) is 66.8 Å². The van der Waals surface area contributed by atoms with Crippen LogP contribution in [0.1, 0.15) is 0 Å². The molecule has 2 heterocycles. The van der Waals surface area contributed by atoms with Crippen molar-refractivity contribution < 1.29 is 8.83 Å². The summed E-state index contributed by atoms with van der Waals surface area (Å²) in [6.07, 6.45) is 0. The summed E-state index contributed by atoms with van der Waals surface area (Å²) >= 11 is 0. The Kier molecular flexibility index (Phi) is 8.99. The monoisotopic (exact) mass is 914 g/mol. The van der Waals surface area contributed by atoms with Crippen molar-refractivity contribution in [1.29, 1.82) is 0 Å². The van der Waals surface area contributed by atoms with Gasteiger partial charge in [0.05, 0.1) is 0 Å². The predicted octanol–water partition coefficient (Wildman–Crippen LogP) is 20.1. The number of hydrogen-bond donors (Lipinski definition) is 0. The fourth-order valence-electron chi connectivity index (χ4n) is 11.8.